The van der Waals surface area contributed by atoms with Gasteiger partial charge in [-0.15, -0.1) is 0 Å². The SMILES string of the molecule is O=C(c1c(F)cccc1F)N1CCN(c2ccccc2O)CC1. The van der Waals surface area contributed by atoms with Crippen molar-refractivity contribution in [2.75, 3.05) is 31.1 Å². The van der Waals surface area contributed by atoms with E-state index < -0.39 is 23.1 Å². The van der Waals surface area contributed by atoms with E-state index in [1.807, 2.05) is 11.0 Å². The molecule has 3 rings (SSSR count). The van der Waals surface area contributed by atoms with Crippen molar-refractivity contribution in [3.8, 4) is 5.75 Å². The maximum Gasteiger partial charge on any atom is 0.259 e. The van der Waals surface area contributed by atoms with Gasteiger partial charge in [0.1, 0.15) is 22.9 Å². The highest BCUT2D eigenvalue weighted by Crippen LogP contribution is 2.27. The molecule has 0 bridgehead atoms. The zero-order chi connectivity index (χ0) is 16.4. The maximum absolute atomic E-state index is 13.7. The van der Waals surface area contributed by atoms with Crippen LogP contribution >= 0.6 is 0 Å². The zero-order valence-electron chi connectivity index (χ0n) is 12.4. The van der Waals surface area contributed by atoms with Crippen LogP contribution < -0.4 is 4.90 Å². The summed E-state index contributed by atoms with van der Waals surface area (Å²) in [6.45, 7) is 1.64. The molecule has 2 aromatic carbocycles. The molecular formula is C17H16F2N2O2. The number of carbonyl (C=O) groups is 1. The molecule has 23 heavy (non-hydrogen) atoms. The Bertz CT molecular complexity index is 708. The number of carbonyl (C=O) groups excluding carboxylic acids is 1. The van der Waals surface area contributed by atoms with Gasteiger partial charge in [-0.3, -0.25) is 4.79 Å². The van der Waals surface area contributed by atoms with E-state index in [9.17, 15) is 18.7 Å². The lowest BCUT2D eigenvalue weighted by molar-refractivity contribution is 0.0737. The van der Waals surface area contributed by atoms with Gasteiger partial charge in [0, 0.05) is 26.2 Å². The first kappa shape index (κ1) is 15.3. The van der Waals surface area contributed by atoms with Crippen LogP contribution in [0.4, 0.5) is 14.5 Å². The predicted octanol–water partition coefficient (Wildman–Crippen LogP) is 2.63. The maximum atomic E-state index is 13.7. The van der Waals surface area contributed by atoms with Gasteiger partial charge in [0.25, 0.3) is 5.91 Å². The van der Waals surface area contributed by atoms with Crippen LogP contribution in [0, 0.1) is 11.6 Å². The zero-order valence-corrected chi connectivity index (χ0v) is 12.4. The molecule has 6 heteroatoms. The van der Waals surface area contributed by atoms with Crippen molar-refractivity contribution in [2.45, 2.75) is 0 Å². The Labute approximate surface area is 132 Å². The van der Waals surface area contributed by atoms with Crippen LogP contribution in [-0.2, 0) is 0 Å². The van der Waals surface area contributed by atoms with Gasteiger partial charge in [-0.25, -0.2) is 8.78 Å². The van der Waals surface area contributed by atoms with E-state index in [1.54, 1.807) is 18.2 Å². The van der Waals surface area contributed by atoms with Crippen LogP contribution in [0.25, 0.3) is 0 Å². The molecule has 0 aromatic heterocycles. The highest BCUT2D eigenvalue weighted by molar-refractivity contribution is 5.95. The average molecular weight is 318 g/mol. The highest BCUT2D eigenvalue weighted by atomic mass is 19.1. The van der Waals surface area contributed by atoms with Gasteiger partial charge in [-0.05, 0) is 24.3 Å². The normalized spacial score (nSPS) is 14.9. The van der Waals surface area contributed by atoms with Crippen LogP contribution in [-0.4, -0.2) is 42.1 Å². The summed E-state index contributed by atoms with van der Waals surface area (Å²) < 4.78 is 27.4. The van der Waals surface area contributed by atoms with Crippen molar-refractivity contribution >= 4 is 11.6 Å². The number of rotatable bonds is 2. The van der Waals surface area contributed by atoms with Crippen molar-refractivity contribution in [1.29, 1.82) is 0 Å². The van der Waals surface area contributed by atoms with Gasteiger partial charge in [0.15, 0.2) is 0 Å². The van der Waals surface area contributed by atoms with E-state index in [1.165, 1.54) is 11.0 Å². The Kier molecular flexibility index (Phi) is 4.14. The number of benzene rings is 2. The van der Waals surface area contributed by atoms with E-state index in [-0.39, 0.29) is 5.75 Å². The summed E-state index contributed by atoms with van der Waals surface area (Å²) in [6.07, 6.45) is 0. The van der Waals surface area contributed by atoms with Gasteiger partial charge in [0.2, 0.25) is 0 Å². The number of halogens is 2. The monoisotopic (exact) mass is 318 g/mol. The number of nitrogens with zero attached hydrogens (tertiary/aromatic N) is 2. The number of phenols is 1. The summed E-state index contributed by atoms with van der Waals surface area (Å²) in [7, 11) is 0. The molecule has 0 atom stereocenters. The Morgan fingerprint density at radius 1 is 0.913 bits per heavy atom. The average Bonchev–Trinajstić information content (AvgIpc) is 2.55. The van der Waals surface area contributed by atoms with Crippen LogP contribution in [0.1, 0.15) is 10.4 Å². The molecule has 120 valence electrons. The third-order valence-electron chi connectivity index (χ3n) is 3.97. The van der Waals surface area contributed by atoms with Crippen LogP contribution in [0.2, 0.25) is 0 Å². The number of anilines is 1. The predicted molar refractivity (Wildman–Crippen MR) is 82.6 cm³/mol. The van der Waals surface area contributed by atoms with E-state index in [0.717, 1.165) is 12.1 Å². The van der Waals surface area contributed by atoms with E-state index in [4.69, 9.17) is 0 Å². The second-order valence-electron chi connectivity index (χ2n) is 5.36. The smallest absolute Gasteiger partial charge is 0.259 e. The Balaban J connectivity index is 1.72. The summed E-state index contributed by atoms with van der Waals surface area (Å²) in [5.74, 6) is -2.17. The van der Waals surface area contributed by atoms with Crippen molar-refractivity contribution < 1.29 is 18.7 Å². The molecule has 0 saturated carbocycles. The molecule has 0 aliphatic carbocycles. The Morgan fingerprint density at radius 3 is 2.13 bits per heavy atom. The highest BCUT2D eigenvalue weighted by Gasteiger charge is 2.27. The molecule has 1 heterocycles. The lowest BCUT2D eigenvalue weighted by Gasteiger charge is -2.36. The lowest BCUT2D eigenvalue weighted by atomic mass is 10.1. The molecule has 1 aliphatic heterocycles. The van der Waals surface area contributed by atoms with E-state index in [2.05, 4.69) is 0 Å². The van der Waals surface area contributed by atoms with Crippen LogP contribution in [0.15, 0.2) is 42.5 Å². The number of phenolic OH excluding ortho intramolecular Hbond substituents is 1. The van der Waals surface area contributed by atoms with Crippen molar-refractivity contribution in [3.05, 3.63) is 59.7 Å². The number of piperazine rings is 1. The molecule has 0 radical (unpaired) electrons. The molecular weight excluding hydrogens is 302 g/mol. The van der Waals surface area contributed by atoms with Gasteiger partial charge in [-0.1, -0.05) is 18.2 Å². The molecule has 0 unspecified atom stereocenters. The van der Waals surface area contributed by atoms with Crippen molar-refractivity contribution in [1.82, 2.24) is 4.90 Å². The second kappa shape index (κ2) is 6.24. The topological polar surface area (TPSA) is 43.8 Å². The fraction of sp³-hybridized carbons (Fsp3) is 0.235. The minimum absolute atomic E-state index is 0.174. The Morgan fingerprint density at radius 2 is 1.52 bits per heavy atom. The fourth-order valence-electron chi connectivity index (χ4n) is 2.74. The molecule has 1 N–H and O–H groups in total. The fourth-order valence-corrected chi connectivity index (χ4v) is 2.74. The van der Waals surface area contributed by atoms with Crippen molar-refractivity contribution in [2.24, 2.45) is 0 Å². The molecule has 4 nitrogen and oxygen atoms in total. The molecule has 1 saturated heterocycles. The lowest BCUT2D eigenvalue weighted by Crippen LogP contribution is -2.49. The third-order valence-corrected chi connectivity index (χ3v) is 3.97. The summed E-state index contributed by atoms with van der Waals surface area (Å²) >= 11 is 0. The number of aromatic hydroxyl groups is 1. The summed E-state index contributed by atoms with van der Waals surface area (Å²) in [5, 5.41) is 9.87. The number of para-hydroxylation sites is 2. The minimum Gasteiger partial charge on any atom is -0.506 e. The summed E-state index contributed by atoms with van der Waals surface area (Å²) in [5.41, 5.74) is 0.181. The van der Waals surface area contributed by atoms with Gasteiger partial charge < -0.3 is 14.9 Å². The van der Waals surface area contributed by atoms with Gasteiger partial charge in [0.05, 0.1) is 5.69 Å². The standard InChI is InChI=1S/C17H16F2N2O2/c18-12-4-3-5-13(19)16(12)17(23)21-10-8-20(9-11-21)14-6-1-2-7-15(14)22/h1-7,22H,8-11H2. The summed E-state index contributed by atoms with van der Waals surface area (Å²) in [4.78, 5) is 15.7. The minimum atomic E-state index is -0.849. The van der Waals surface area contributed by atoms with Crippen LogP contribution in [0.5, 0.6) is 5.75 Å². The first-order chi connectivity index (χ1) is 11.1. The number of hydrogen-bond donors (Lipinski definition) is 1. The first-order valence-corrected chi connectivity index (χ1v) is 7.34. The first-order valence-electron chi connectivity index (χ1n) is 7.34. The molecule has 1 aliphatic rings. The second-order valence-corrected chi connectivity index (χ2v) is 5.36. The van der Waals surface area contributed by atoms with Crippen LogP contribution in [0.3, 0.4) is 0 Å². The van der Waals surface area contributed by atoms with Gasteiger partial charge >= 0.3 is 0 Å². The van der Waals surface area contributed by atoms with E-state index in [0.29, 0.717) is 31.9 Å². The molecule has 2 aromatic rings. The largest absolute Gasteiger partial charge is 0.506 e. The van der Waals surface area contributed by atoms with Crippen molar-refractivity contribution in [3.63, 3.8) is 0 Å². The number of amides is 1. The van der Waals surface area contributed by atoms with Gasteiger partial charge in [-0.2, -0.15) is 0 Å². The Hall–Kier alpha value is -2.63. The quantitative estimate of drug-likeness (QED) is 0.926. The summed E-state index contributed by atoms with van der Waals surface area (Å²) in [6, 6.07) is 10.3. The third kappa shape index (κ3) is 2.97. The molecule has 0 spiro atoms. The molecule has 1 amide bonds. The van der Waals surface area contributed by atoms with E-state index >= 15 is 0 Å². The molecule has 1 fully saturated rings. The number of hydrogen-bond acceptors (Lipinski definition) is 3.